The minimum absolute atomic E-state index is 0. The zero-order valence-electron chi connectivity index (χ0n) is 17.3. The van der Waals surface area contributed by atoms with Gasteiger partial charge in [0.25, 0.3) is 11.1 Å². The summed E-state index contributed by atoms with van der Waals surface area (Å²) in [5.41, 5.74) is 3.57. The third kappa shape index (κ3) is 5.16. The molecule has 1 aliphatic heterocycles. The second-order valence-corrected chi connectivity index (χ2v) is 8.21. The molecule has 1 amide bonds. The Labute approximate surface area is 211 Å². The molecule has 0 atom stereocenters. The summed E-state index contributed by atoms with van der Waals surface area (Å²) in [5.74, 6) is -0.257. The van der Waals surface area contributed by atoms with Crippen molar-refractivity contribution in [2.45, 2.75) is 26.2 Å². The van der Waals surface area contributed by atoms with Crippen molar-refractivity contribution in [3.63, 3.8) is 0 Å². The predicted octanol–water partition coefficient (Wildman–Crippen LogP) is 4.32. The molecule has 0 unspecified atom stereocenters. The van der Waals surface area contributed by atoms with Crippen molar-refractivity contribution in [1.29, 1.82) is 0 Å². The van der Waals surface area contributed by atoms with E-state index < -0.39 is 11.0 Å². The summed E-state index contributed by atoms with van der Waals surface area (Å²) in [6, 6.07) is 14.6. The molecular weight excluding hydrogens is 489 g/mol. The number of rotatable bonds is 5. The van der Waals surface area contributed by atoms with Gasteiger partial charge in [-0.2, -0.15) is 35.9 Å². The number of benzene rings is 2. The Morgan fingerprint density at radius 1 is 1.13 bits per heavy atom. The number of amides is 1. The molecule has 1 aromatic heterocycles. The molecule has 0 saturated carbocycles. The second kappa shape index (κ2) is 10.2. The van der Waals surface area contributed by atoms with Crippen molar-refractivity contribution in [2.24, 2.45) is 5.92 Å². The van der Waals surface area contributed by atoms with Crippen LogP contribution in [-0.2, 0) is 43.9 Å². The van der Waals surface area contributed by atoms with Crippen molar-refractivity contribution in [1.82, 2.24) is 9.88 Å². The molecule has 1 aliphatic rings. The number of Topliss-reactive ketones (excluding diaryl/α,β-unsaturated/α-hetero) is 1. The van der Waals surface area contributed by atoms with Crippen molar-refractivity contribution in [2.75, 3.05) is 13.1 Å². The molecule has 7 heteroatoms. The van der Waals surface area contributed by atoms with E-state index in [0.29, 0.717) is 35.5 Å². The van der Waals surface area contributed by atoms with E-state index in [9.17, 15) is 14.4 Å². The number of aryl methyl sites for hydroxylation is 1. The van der Waals surface area contributed by atoms with Crippen LogP contribution in [0.2, 0.25) is 0 Å². The Morgan fingerprint density at radius 3 is 2.45 bits per heavy atom. The fourth-order valence-corrected chi connectivity index (χ4v) is 4.31. The quantitative estimate of drug-likeness (QED) is 0.241. The molecule has 2 heterocycles. The number of nitrogens with one attached hydrogen (secondary N) is 1. The predicted molar refractivity (Wildman–Crippen MR) is 116 cm³/mol. The maximum atomic E-state index is 13.2. The molecular formula is C24H22ClN2O3Y+2. The average molecular weight is 511 g/mol. The number of likely N-dealkylation sites (tertiary alicyclic amines) is 1. The first kappa shape index (κ1) is 23.8. The first-order valence-corrected chi connectivity index (χ1v) is 10.4. The fraction of sp³-hybridized carbons (Fsp3) is 0.292. The molecule has 154 valence electrons. The van der Waals surface area contributed by atoms with Gasteiger partial charge >= 0.3 is 32.7 Å². The third-order valence-electron chi connectivity index (χ3n) is 5.89. The topological polar surface area (TPSA) is 70.2 Å². The summed E-state index contributed by atoms with van der Waals surface area (Å²) in [5, 5.41) is -0.499. The Bertz CT molecular complexity index is 1120. The summed E-state index contributed by atoms with van der Waals surface area (Å²) in [6.45, 7) is 3.29. The van der Waals surface area contributed by atoms with Crippen LogP contribution in [-0.4, -0.2) is 39.9 Å². The molecule has 2 aromatic carbocycles. The molecule has 0 radical (unpaired) electrons. The Kier molecular flexibility index (Phi) is 7.84. The smallest absolute Gasteiger partial charge is 0.360 e. The number of hydrogen-bond donors (Lipinski definition) is 1. The second-order valence-electron chi connectivity index (χ2n) is 7.87. The van der Waals surface area contributed by atoms with Gasteiger partial charge in [0.05, 0.1) is 5.56 Å². The van der Waals surface area contributed by atoms with E-state index in [-0.39, 0.29) is 44.2 Å². The van der Waals surface area contributed by atoms with E-state index >= 15 is 0 Å². The van der Waals surface area contributed by atoms with Crippen LogP contribution in [0.3, 0.4) is 0 Å². The summed E-state index contributed by atoms with van der Waals surface area (Å²) in [6.07, 6.45) is 4.40. The molecule has 1 saturated heterocycles. The number of nitrogens with zero attached hydrogens (tertiary/aromatic N) is 1. The van der Waals surface area contributed by atoms with Gasteiger partial charge in [0.15, 0.2) is 0 Å². The Morgan fingerprint density at radius 2 is 1.81 bits per heavy atom. The molecule has 1 N–H and O–H groups in total. The standard InChI is InChI=1S/C24H22ClN2O3.Y/c1-15-11-21-19(20(14-26-21)22(28)23(25)29)13-18(15)24(30)27-9-7-17(8-10-27)12-16-5-3-2-4-6-16;/h3-6,11,13-14,17,26H,7-10,12H2,1H3;/q-1;+3. The van der Waals surface area contributed by atoms with Gasteiger partial charge in [0.2, 0.25) is 5.78 Å². The van der Waals surface area contributed by atoms with Crippen LogP contribution in [0.5, 0.6) is 0 Å². The zero-order valence-corrected chi connectivity index (χ0v) is 20.9. The van der Waals surface area contributed by atoms with E-state index in [4.69, 9.17) is 11.6 Å². The van der Waals surface area contributed by atoms with Crippen molar-refractivity contribution >= 4 is 39.4 Å². The number of fused-ring (bicyclic) bond motifs is 1. The summed E-state index contributed by atoms with van der Waals surface area (Å²) >= 11 is 5.37. The first-order valence-electron chi connectivity index (χ1n) is 10.0. The van der Waals surface area contributed by atoms with Gasteiger partial charge in [-0.15, -0.1) is 0 Å². The van der Waals surface area contributed by atoms with Gasteiger partial charge < -0.3 is 9.88 Å². The number of carbonyl (C=O) groups excluding carboxylic acids is 3. The monoisotopic (exact) mass is 510 g/mol. The maximum absolute atomic E-state index is 13.2. The largest absolute Gasteiger partial charge is 3.00 e. The minimum Gasteiger partial charge on any atom is -0.360 e. The SMILES string of the molecule is Cc1cc2[nH]cc(C(=O)C(=O)Cl)c2cc1C(=O)N1CCC(Cc2cc[c-]cc2)CC1.[Y+3]. The molecule has 0 spiro atoms. The van der Waals surface area contributed by atoms with Crippen molar-refractivity contribution in [3.8, 4) is 0 Å². The number of carbonyl (C=O) groups is 3. The van der Waals surface area contributed by atoms with Crippen LogP contribution in [0.15, 0.2) is 42.6 Å². The number of H-pyrrole nitrogens is 1. The van der Waals surface area contributed by atoms with E-state index in [2.05, 4.69) is 23.2 Å². The van der Waals surface area contributed by atoms with E-state index in [1.54, 1.807) is 6.07 Å². The van der Waals surface area contributed by atoms with Crippen LogP contribution >= 0.6 is 11.6 Å². The van der Waals surface area contributed by atoms with Crippen LogP contribution in [0.25, 0.3) is 10.9 Å². The minimum atomic E-state index is -1.04. The number of halogens is 1. The summed E-state index contributed by atoms with van der Waals surface area (Å²) < 4.78 is 0. The number of ketones is 1. The van der Waals surface area contributed by atoms with E-state index in [1.807, 2.05) is 30.0 Å². The fourth-order valence-electron chi connectivity index (χ4n) is 4.20. The van der Waals surface area contributed by atoms with Gasteiger partial charge in [-0.25, -0.2) is 0 Å². The average Bonchev–Trinajstić information content (AvgIpc) is 3.15. The van der Waals surface area contributed by atoms with Gasteiger partial charge in [-0.3, -0.25) is 14.4 Å². The van der Waals surface area contributed by atoms with Gasteiger partial charge in [0, 0.05) is 35.8 Å². The summed E-state index contributed by atoms with van der Waals surface area (Å²) in [4.78, 5) is 41.4. The van der Waals surface area contributed by atoms with Crippen LogP contribution in [0.4, 0.5) is 0 Å². The van der Waals surface area contributed by atoms with Crippen molar-refractivity contribution in [3.05, 3.63) is 70.9 Å². The van der Waals surface area contributed by atoms with Crippen LogP contribution < -0.4 is 0 Å². The number of aromatic nitrogens is 1. The third-order valence-corrected chi connectivity index (χ3v) is 6.07. The van der Waals surface area contributed by atoms with E-state index in [1.165, 1.54) is 11.8 Å². The van der Waals surface area contributed by atoms with Gasteiger partial charge in [-0.1, -0.05) is 0 Å². The van der Waals surface area contributed by atoms with Crippen molar-refractivity contribution < 1.29 is 47.1 Å². The van der Waals surface area contributed by atoms with Gasteiger partial charge in [-0.05, 0) is 61.4 Å². The molecule has 5 nitrogen and oxygen atoms in total. The Hall–Kier alpha value is -1.82. The molecule has 4 rings (SSSR count). The maximum Gasteiger partial charge on any atom is 3.00 e. The molecule has 3 aromatic rings. The van der Waals surface area contributed by atoms with Crippen LogP contribution in [0.1, 0.15) is 44.7 Å². The normalized spacial score (nSPS) is 14.3. The molecule has 0 aliphatic carbocycles. The first-order chi connectivity index (χ1) is 14.4. The Balaban J connectivity index is 0.00000272. The number of piperidine rings is 1. The van der Waals surface area contributed by atoms with Gasteiger partial charge in [0.1, 0.15) is 0 Å². The van der Waals surface area contributed by atoms with E-state index in [0.717, 1.165) is 24.8 Å². The number of aromatic amines is 1. The van der Waals surface area contributed by atoms with Crippen LogP contribution in [0, 0.1) is 18.9 Å². The molecule has 0 bridgehead atoms. The summed E-state index contributed by atoms with van der Waals surface area (Å²) in [7, 11) is 0. The number of hydrogen-bond acceptors (Lipinski definition) is 3. The zero-order chi connectivity index (χ0) is 21.3. The molecule has 1 fully saturated rings. The molecule has 31 heavy (non-hydrogen) atoms.